The van der Waals surface area contributed by atoms with E-state index in [-0.39, 0.29) is 11.8 Å². The van der Waals surface area contributed by atoms with Gasteiger partial charge in [0.25, 0.3) is 5.91 Å². The average Bonchev–Trinajstić information content (AvgIpc) is 2.61. The van der Waals surface area contributed by atoms with Gasteiger partial charge < -0.3 is 16.0 Å². The van der Waals surface area contributed by atoms with Crippen molar-refractivity contribution in [2.75, 3.05) is 18.8 Å². The third-order valence-corrected chi connectivity index (χ3v) is 4.08. The molecule has 2 amide bonds. The number of hydrogen-bond donors (Lipinski definition) is 2. The van der Waals surface area contributed by atoms with Crippen LogP contribution in [0.15, 0.2) is 0 Å². The van der Waals surface area contributed by atoms with E-state index in [1.165, 1.54) is 0 Å². The molecule has 1 aromatic rings. The molecule has 0 saturated carbocycles. The molecule has 0 aliphatic carbocycles. The lowest BCUT2D eigenvalue weighted by Crippen LogP contribution is -2.63. The van der Waals surface area contributed by atoms with Gasteiger partial charge in [-0.15, -0.1) is 0 Å². The molecule has 0 unspecified atom stereocenters. The summed E-state index contributed by atoms with van der Waals surface area (Å²) in [5.74, 6) is -0.321. The van der Waals surface area contributed by atoms with Gasteiger partial charge in [-0.05, 0) is 20.8 Å². The summed E-state index contributed by atoms with van der Waals surface area (Å²) in [5.41, 5.74) is 5.37. The molecule has 0 aromatic carbocycles. The van der Waals surface area contributed by atoms with E-state index in [0.717, 1.165) is 11.3 Å². The Bertz CT molecular complexity index is 509. The van der Waals surface area contributed by atoms with E-state index in [2.05, 4.69) is 10.3 Å². The van der Waals surface area contributed by atoms with Crippen LogP contribution in [0.2, 0.25) is 0 Å². The SMILES string of the molecule is Cc1nc(N)sc1C(=O)N1CCNC(=O)C1(C)C. The zero-order valence-electron chi connectivity index (χ0n) is 10.6. The Labute approximate surface area is 109 Å². The standard InChI is InChI=1S/C11H16N4O2S/c1-6-7(18-10(12)14-6)8(16)15-5-4-13-9(17)11(15,2)3/h4-5H2,1-3H3,(H2,12,14)(H,13,17). The van der Waals surface area contributed by atoms with Crippen molar-refractivity contribution in [2.24, 2.45) is 0 Å². The first-order valence-corrected chi connectivity index (χ1v) is 6.49. The molecule has 3 N–H and O–H groups in total. The van der Waals surface area contributed by atoms with Crippen LogP contribution in [0, 0.1) is 6.92 Å². The summed E-state index contributed by atoms with van der Waals surface area (Å²) in [5, 5.41) is 3.13. The van der Waals surface area contributed by atoms with Crippen LogP contribution < -0.4 is 11.1 Å². The topological polar surface area (TPSA) is 88.3 Å². The van der Waals surface area contributed by atoms with Gasteiger partial charge in [0.2, 0.25) is 5.91 Å². The van der Waals surface area contributed by atoms with E-state index in [4.69, 9.17) is 5.73 Å². The van der Waals surface area contributed by atoms with Crippen molar-refractivity contribution in [1.29, 1.82) is 0 Å². The molecule has 2 heterocycles. The molecule has 0 bridgehead atoms. The number of thiazole rings is 1. The second-order valence-electron chi connectivity index (χ2n) is 4.74. The largest absolute Gasteiger partial charge is 0.375 e. The second-order valence-corrected chi connectivity index (χ2v) is 5.77. The highest BCUT2D eigenvalue weighted by molar-refractivity contribution is 7.17. The number of carbonyl (C=O) groups is 2. The van der Waals surface area contributed by atoms with Crippen molar-refractivity contribution in [3.63, 3.8) is 0 Å². The molecule has 18 heavy (non-hydrogen) atoms. The summed E-state index contributed by atoms with van der Waals surface area (Å²) in [6.45, 7) is 6.19. The molecule has 98 valence electrons. The molecule has 1 fully saturated rings. The highest BCUT2D eigenvalue weighted by Crippen LogP contribution is 2.26. The second kappa shape index (κ2) is 4.24. The lowest BCUT2D eigenvalue weighted by molar-refractivity contribution is -0.133. The summed E-state index contributed by atoms with van der Waals surface area (Å²) >= 11 is 1.16. The maximum absolute atomic E-state index is 12.5. The molecule has 6 nitrogen and oxygen atoms in total. The number of piperazine rings is 1. The van der Waals surface area contributed by atoms with E-state index < -0.39 is 5.54 Å². The van der Waals surface area contributed by atoms with E-state index in [0.29, 0.717) is 28.8 Å². The maximum atomic E-state index is 12.5. The summed E-state index contributed by atoms with van der Waals surface area (Å²) < 4.78 is 0. The Kier molecular flexibility index (Phi) is 3.02. The number of rotatable bonds is 1. The van der Waals surface area contributed by atoms with Crippen molar-refractivity contribution >= 4 is 28.3 Å². The average molecular weight is 268 g/mol. The minimum Gasteiger partial charge on any atom is -0.375 e. The van der Waals surface area contributed by atoms with Gasteiger partial charge in [0, 0.05) is 13.1 Å². The van der Waals surface area contributed by atoms with Crippen molar-refractivity contribution in [1.82, 2.24) is 15.2 Å². The monoisotopic (exact) mass is 268 g/mol. The van der Waals surface area contributed by atoms with Crippen molar-refractivity contribution in [3.05, 3.63) is 10.6 Å². The molecule has 1 aliphatic heterocycles. The molecule has 2 rings (SSSR count). The smallest absolute Gasteiger partial charge is 0.266 e. The van der Waals surface area contributed by atoms with Crippen LogP contribution in [-0.2, 0) is 4.79 Å². The minimum absolute atomic E-state index is 0.141. The van der Waals surface area contributed by atoms with E-state index in [1.807, 2.05) is 0 Å². The number of carbonyl (C=O) groups excluding carboxylic acids is 2. The summed E-state index contributed by atoms with van der Waals surface area (Å²) in [4.78, 5) is 30.4. The Morgan fingerprint density at radius 1 is 1.56 bits per heavy atom. The fourth-order valence-corrected chi connectivity index (χ4v) is 2.78. The number of aryl methyl sites for hydroxylation is 1. The third kappa shape index (κ3) is 1.94. The van der Waals surface area contributed by atoms with Gasteiger partial charge in [-0.3, -0.25) is 9.59 Å². The van der Waals surface area contributed by atoms with Gasteiger partial charge in [0.15, 0.2) is 5.13 Å². The highest BCUT2D eigenvalue weighted by Gasteiger charge is 2.41. The van der Waals surface area contributed by atoms with E-state index in [1.54, 1.807) is 25.7 Å². The number of nitrogen functional groups attached to an aromatic ring is 1. The van der Waals surface area contributed by atoms with Crippen LogP contribution in [0.4, 0.5) is 5.13 Å². The van der Waals surface area contributed by atoms with Gasteiger partial charge in [-0.2, -0.15) is 0 Å². The first-order valence-electron chi connectivity index (χ1n) is 5.67. The zero-order valence-corrected chi connectivity index (χ0v) is 11.4. The zero-order chi connectivity index (χ0) is 13.5. The van der Waals surface area contributed by atoms with Crippen molar-refractivity contribution in [2.45, 2.75) is 26.3 Å². The van der Waals surface area contributed by atoms with Gasteiger partial charge in [-0.1, -0.05) is 11.3 Å². The quantitative estimate of drug-likeness (QED) is 0.771. The molecular weight excluding hydrogens is 252 g/mol. The number of nitrogens with one attached hydrogen (secondary N) is 1. The summed E-state index contributed by atoms with van der Waals surface area (Å²) in [7, 11) is 0. The van der Waals surface area contributed by atoms with Crippen molar-refractivity contribution < 1.29 is 9.59 Å². The van der Waals surface area contributed by atoms with E-state index in [9.17, 15) is 9.59 Å². The van der Waals surface area contributed by atoms with Crippen molar-refractivity contribution in [3.8, 4) is 0 Å². The number of aromatic nitrogens is 1. The number of amides is 2. The molecule has 1 saturated heterocycles. The molecule has 7 heteroatoms. The maximum Gasteiger partial charge on any atom is 0.266 e. The van der Waals surface area contributed by atoms with Crippen LogP contribution in [0.5, 0.6) is 0 Å². The lowest BCUT2D eigenvalue weighted by atomic mass is 9.98. The predicted molar refractivity (Wildman–Crippen MR) is 69.4 cm³/mol. The van der Waals surface area contributed by atoms with Gasteiger partial charge >= 0.3 is 0 Å². The van der Waals surface area contributed by atoms with E-state index >= 15 is 0 Å². The fourth-order valence-electron chi connectivity index (χ4n) is 1.99. The first kappa shape index (κ1) is 12.8. The number of nitrogens with zero attached hydrogens (tertiary/aromatic N) is 2. The summed E-state index contributed by atoms with van der Waals surface area (Å²) in [6, 6.07) is 0. The summed E-state index contributed by atoms with van der Waals surface area (Å²) in [6.07, 6.45) is 0. The molecule has 0 atom stereocenters. The minimum atomic E-state index is -0.847. The number of hydrogen-bond acceptors (Lipinski definition) is 5. The molecule has 1 aliphatic rings. The highest BCUT2D eigenvalue weighted by atomic mass is 32.1. The number of anilines is 1. The predicted octanol–water partition coefficient (Wildman–Crippen LogP) is 0.384. The van der Waals surface area contributed by atoms with Gasteiger partial charge in [0.05, 0.1) is 5.69 Å². The van der Waals surface area contributed by atoms with Gasteiger partial charge in [0.1, 0.15) is 10.4 Å². The fraction of sp³-hybridized carbons (Fsp3) is 0.545. The molecule has 0 spiro atoms. The Balaban J connectivity index is 2.33. The van der Waals surface area contributed by atoms with Crippen LogP contribution in [0.1, 0.15) is 29.2 Å². The van der Waals surface area contributed by atoms with Crippen LogP contribution in [-0.4, -0.2) is 40.3 Å². The van der Waals surface area contributed by atoms with Crippen LogP contribution >= 0.6 is 11.3 Å². The van der Waals surface area contributed by atoms with Crippen LogP contribution in [0.3, 0.4) is 0 Å². The Morgan fingerprint density at radius 3 is 2.78 bits per heavy atom. The third-order valence-electron chi connectivity index (χ3n) is 3.10. The Morgan fingerprint density at radius 2 is 2.22 bits per heavy atom. The Hall–Kier alpha value is -1.63. The molecule has 0 radical (unpaired) electrons. The van der Waals surface area contributed by atoms with Gasteiger partial charge in [-0.25, -0.2) is 4.98 Å². The molecular formula is C11H16N4O2S. The van der Waals surface area contributed by atoms with Crippen LogP contribution in [0.25, 0.3) is 0 Å². The lowest BCUT2D eigenvalue weighted by Gasteiger charge is -2.40. The number of nitrogens with two attached hydrogens (primary N) is 1. The normalized spacial score (nSPS) is 18.6. The molecule has 1 aromatic heterocycles. The first-order chi connectivity index (χ1) is 8.34.